The molecule has 0 radical (unpaired) electrons. The topological polar surface area (TPSA) is 45.9 Å². The number of furan rings is 1. The van der Waals surface area contributed by atoms with Gasteiger partial charge >= 0.3 is 0 Å². The summed E-state index contributed by atoms with van der Waals surface area (Å²) in [7, 11) is 3.92. The Morgan fingerprint density at radius 2 is 2.00 bits per heavy atom. The molecule has 1 unspecified atom stereocenters. The number of hydrogen-bond donors (Lipinski definition) is 0. The third kappa shape index (κ3) is 3.98. The molecule has 0 bridgehead atoms. The Morgan fingerprint density at radius 1 is 1.25 bits per heavy atom. The van der Waals surface area contributed by atoms with E-state index >= 15 is 0 Å². The van der Waals surface area contributed by atoms with Crippen molar-refractivity contribution in [1.29, 1.82) is 0 Å². The summed E-state index contributed by atoms with van der Waals surface area (Å²) in [5.41, 5.74) is 1.02. The van der Waals surface area contributed by atoms with Crippen LogP contribution in [0, 0.1) is 0 Å². The molecule has 1 saturated heterocycles. The molecule has 1 atom stereocenters. The molecule has 1 aliphatic rings. The number of carbonyl (C=O) groups is 1. The number of hydrogen-bond acceptors (Lipinski definition) is 4. The van der Waals surface area contributed by atoms with Gasteiger partial charge in [-0.15, -0.1) is 0 Å². The Labute approximate surface area is 146 Å². The first-order chi connectivity index (χ1) is 11.5. The Bertz CT molecular complexity index is 697. The van der Waals surface area contributed by atoms with Crippen molar-refractivity contribution >= 4 is 17.5 Å². The summed E-state index contributed by atoms with van der Waals surface area (Å²) in [5, 5.41) is 0.687. The summed E-state index contributed by atoms with van der Waals surface area (Å²) < 4.78 is 11.5. The first-order valence-electron chi connectivity index (χ1n) is 7.92. The summed E-state index contributed by atoms with van der Waals surface area (Å²) in [6.45, 7) is 2.24. The number of carbonyl (C=O) groups excluding carboxylic acids is 1. The Morgan fingerprint density at radius 3 is 2.71 bits per heavy atom. The molecule has 1 fully saturated rings. The largest absolute Gasteiger partial charge is 0.455 e. The molecule has 0 aliphatic carbocycles. The lowest BCUT2D eigenvalue weighted by Crippen LogP contribution is -2.42. The molecule has 0 spiro atoms. The quantitative estimate of drug-likeness (QED) is 0.851. The maximum atomic E-state index is 12.7. The van der Waals surface area contributed by atoms with Crippen LogP contribution in [0.15, 0.2) is 40.8 Å². The molecule has 0 saturated carbocycles. The Kier molecular flexibility index (Phi) is 5.23. The Balaban J connectivity index is 1.68. The van der Waals surface area contributed by atoms with Gasteiger partial charge in [0.1, 0.15) is 11.9 Å². The van der Waals surface area contributed by atoms with E-state index in [4.69, 9.17) is 20.8 Å². The van der Waals surface area contributed by atoms with Crippen molar-refractivity contribution in [2.24, 2.45) is 0 Å². The molecule has 1 aliphatic heterocycles. The van der Waals surface area contributed by atoms with Crippen LogP contribution >= 0.6 is 11.6 Å². The van der Waals surface area contributed by atoms with Gasteiger partial charge in [-0.1, -0.05) is 23.7 Å². The van der Waals surface area contributed by atoms with E-state index in [9.17, 15) is 4.79 Å². The molecule has 2 aromatic rings. The van der Waals surface area contributed by atoms with E-state index in [1.165, 1.54) is 0 Å². The fraction of sp³-hybridized carbons (Fsp3) is 0.389. The van der Waals surface area contributed by atoms with Crippen LogP contribution < -0.4 is 0 Å². The molecule has 2 heterocycles. The fourth-order valence-electron chi connectivity index (χ4n) is 2.76. The van der Waals surface area contributed by atoms with Crippen LogP contribution in [0.5, 0.6) is 0 Å². The maximum absolute atomic E-state index is 12.7. The summed E-state index contributed by atoms with van der Waals surface area (Å²) in [4.78, 5) is 16.4. The van der Waals surface area contributed by atoms with Crippen LogP contribution in [0.2, 0.25) is 5.02 Å². The predicted octanol–water partition coefficient (Wildman–Crippen LogP) is 3.21. The molecular weight excluding hydrogens is 328 g/mol. The third-order valence-electron chi connectivity index (χ3n) is 3.94. The van der Waals surface area contributed by atoms with Crippen molar-refractivity contribution in [2.75, 3.05) is 33.8 Å². The van der Waals surface area contributed by atoms with E-state index in [-0.39, 0.29) is 12.0 Å². The highest BCUT2D eigenvalue weighted by Crippen LogP contribution is 2.25. The lowest BCUT2D eigenvalue weighted by Gasteiger charge is -2.32. The minimum Gasteiger partial charge on any atom is -0.455 e. The second-order valence-electron chi connectivity index (χ2n) is 6.17. The molecule has 5 nitrogen and oxygen atoms in total. The van der Waals surface area contributed by atoms with Crippen LogP contribution in [0.25, 0.3) is 0 Å². The highest BCUT2D eigenvalue weighted by atomic mass is 35.5. The fourth-order valence-corrected chi connectivity index (χ4v) is 2.88. The van der Waals surface area contributed by atoms with Gasteiger partial charge in [0.25, 0.3) is 5.91 Å². The zero-order chi connectivity index (χ0) is 17.1. The highest BCUT2D eigenvalue weighted by Gasteiger charge is 2.27. The summed E-state index contributed by atoms with van der Waals surface area (Å²) in [5.74, 6) is 1.07. The molecule has 3 rings (SSSR count). The Hall–Kier alpha value is -1.82. The van der Waals surface area contributed by atoms with E-state index in [1.54, 1.807) is 11.0 Å². The normalized spacial score (nSPS) is 18.2. The number of halogens is 1. The monoisotopic (exact) mass is 348 g/mol. The zero-order valence-corrected chi connectivity index (χ0v) is 14.6. The maximum Gasteiger partial charge on any atom is 0.289 e. The number of benzene rings is 1. The first kappa shape index (κ1) is 17.0. The van der Waals surface area contributed by atoms with Crippen LogP contribution in [-0.2, 0) is 11.3 Å². The van der Waals surface area contributed by atoms with Crippen molar-refractivity contribution in [2.45, 2.75) is 12.6 Å². The number of nitrogens with zero attached hydrogens (tertiary/aromatic N) is 2. The molecule has 128 valence electrons. The zero-order valence-electron chi connectivity index (χ0n) is 13.9. The summed E-state index contributed by atoms with van der Waals surface area (Å²) >= 11 is 5.93. The SMILES string of the molecule is CN(C)Cc1ccc(C(=O)N2CCOC(c3ccc(Cl)cc3)C2)o1. The smallest absolute Gasteiger partial charge is 0.289 e. The van der Waals surface area contributed by atoms with Gasteiger partial charge in [-0.2, -0.15) is 0 Å². The number of amides is 1. The molecule has 6 heteroatoms. The molecule has 0 N–H and O–H groups in total. The average molecular weight is 349 g/mol. The van der Waals surface area contributed by atoms with Crippen LogP contribution in [0.1, 0.15) is 28.0 Å². The van der Waals surface area contributed by atoms with Crippen molar-refractivity contribution in [3.8, 4) is 0 Å². The van der Waals surface area contributed by atoms with Gasteiger partial charge in [0.2, 0.25) is 0 Å². The lowest BCUT2D eigenvalue weighted by molar-refractivity contribution is -0.0238. The molecular formula is C18H21ClN2O3. The lowest BCUT2D eigenvalue weighted by atomic mass is 10.1. The van der Waals surface area contributed by atoms with Crippen molar-refractivity contribution in [3.05, 3.63) is 58.5 Å². The van der Waals surface area contributed by atoms with Crippen LogP contribution in [0.3, 0.4) is 0 Å². The second-order valence-corrected chi connectivity index (χ2v) is 6.60. The number of morpholine rings is 1. The van der Waals surface area contributed by atoms with E-state index < -0.39 is 0 Å². The average Bonchev–Trinajstić information content (AvgIpc) is 3.02. The summed E-state index contributed by atoms with van der Waals surface area (Å²) in [6.07, 6.45) is -0.142. The standard InChI is InChI=1S/C18H21ClN2O3/c1-20(2)11-15-7-8-16(24-15)18(22)21-9-10-23-17(12-21)13-3-5-14(19)6-4-13/h3-8,17H,9-12H2,1-2H3. The van der Waals surface area contributed by atoms with Crippen molar-refractivity contribution in [3.63, 3.8) is 0 Å². The highest BCUT2D eigenvalue weighted by molar-refractivity contribution is 6.30. The van der Waals surface area contributed by atoms with Crippen LogP contribution in [-0.4, -0.2) is 49.5 Å². The van der Waals surface area contributed by atoms with Gasteiger partial charge in [-0.3, -0.25) is 4.79 Å². The van der Waals surface area contributed by atoms with E-state index in [0.717, 1.165) is 11.3 Å². The predicted molar refractivity (Wildman–Crippen MR) is 92.1 cm³/mol. The van der Waals surface area contributed by atoms with E-state index in [2.05, 4.69) is 0 Å². The van der Waals surface area contributed by atoms with Crippen LogP contribution in [0.4, 0.5) is 0 Å². The minimum atomic E-state index is -0.142. The number of rotatable bonds is 4. The van der Waals surface area contributed by atoms with Gasteiger partial charge in [0.15, 0.2) is 5.76 Å². The first-order valence-corrected chi connectivity index (χ1v) is 8.30. The third-order valence-corrected chi connectivity index (χ3v) is 4.19. The number of ether oxygens (including phenoxy) is 1. The van der Waals surface area contributed by atoms with Crippen molar-refractivity contribution in [1.82, 2.24) is 9.80 Å². The van der Waals surface area contributed by atoms with Gasteiger partial charge in [-0.05, 0) is 43.9 Å². The van der Waals surface area contributed by atoms with Gasteiger partial charge in [0, 0.05) is 11.6 Å². The molecule has 24 heavy (non-hydrogen) atoms. The van der Waals surface area contributed by atoms with E-state index in [0.29, 0.717) is 37.0 Å². The van der Waals surface area contributed by atoms with E-state index in [1.807, 2.05) is 49.3 Å². The minimum absolute atomic E-state index is 0.0951. The van der Waals surface area contributed by atoms with Gasteiger partial charge in [0.05, 0.1) is 19.7 Å². The molecule has 1 aromatic heterocycles. The molecule has 1 aromatic carbocycles. The van der Waals surface area contributed by atoms with Crippen molar-refractivity contribution < 1.29 is 13.9 Å². The second kappa shape index (κ2) is 7.38. The molecule has 1 amide bonds. The van der Waals surface area contributed by atoms with Gasteiger partial charge in [-0.25, -0.2) is 0 Å². The summed E-state index contributed by atoms with van der Waals surface area (Å²) in [6, 6.07) is 11.1. The van der Waals surface area contributed by atoms with Gasteiger partial charge < -0.3 is 19.0 Å².